The second-order valence-corrected chi connectivity index (χ2v) is 6.61. The van der Waals surface area contributed by atoms with Crippen molar-refractivity contribution in [3.63, 3.8) is 0 Å². The lowest BCUT2D eigenvalue weighted by molar-refractivity contribution is -0.384. The zero-order valence-corrected chi connectivity index (χ0v) is 14.3. The third-order valence-corrected chi connectivity index (χ3v) is 4.88. The van der Waals surface area contributed by atoms with Crippen LogP contribution in [0.25, 0.3) is 0 Å². The van der Waals surface area contributed by atoms with Gasteiger partial charge in [-0.2, -0.15) is 0 Å². The molecular formula is C18H17N3O3S. The quantitative estimate of drug-likeness (QED) is 0.618. The summed E-state index contributed by atoms with van der Waals surface area (Å²) in [5.41, 5.74) is 1.30. The van der Waals surface area contributed by atoms with Gasteiger partial charge in [-0.25, -0.2) is 0 Å². The Bertz CT molecular complexity index is 808. The number of nitro benzene ring substituents is 1. The predicted molar refractivity (Wildman–Crippen MR) is 98.8 cm³/mol. The Labute approximate surface area is 149 Å². The minimum absolute atomic E-state index is 0.0849. The van der Waals surface area contributed by atoms with E-state index in [4.69, 9.17) is 0 Å². The maximum atomic E-state index is 12.8. The number of thioether (sulfide) groups is 1. The molecule has 7 heteroatoms. The normalized spacial score (nSPS) is 16.0. The number of non-ortho nitro benzene ring substituents is 1. The third kappa shape index (κ3) is 4.24. The number of hydrogen-bond acceptors (Lipinski definition) is 5. The summed E-state index contributed by atoms with van der Waals surface area (Å²) in [6.07, 6.45) is 0.871. The summed E-state index contributed by atoms with van der Waals surface area (Å²) in [4.78, 5) is 29.5. The van der Waals surface area contributed by atoms with Crippen molar-refractivity contribution < 1.29 is 9.72 Å². The first-order valence-corrected chi connectivity index (χ1v) is 8.91. The molecule has 2 aromatic rings. The van der Waals surface area contributed by atoms with Gasteiger partial charge in [-0.05, 0) is 18.1 Å². The largest absolute Gasteiger partial charge is 0.287 e. The van der Waals surface area contributed by atoms with Crippen LogP contribution in [0.5, 0.6) is 0 Å². The van der Waals surface area contributed by atoms with E-state index in [1.54, 1.807) is 22.7 Å². The molecule has 1 saturated heterocycles. The van der Waals surface area contributed by atoms with Crippen molar-refractivity contribution in [1.29, 1.82) is 0 Å². The van der Waals surface area contributed by atoms with E-state index in [9.17, 15) is 14.9 Å². The van der Waals surface area contributed by atoms with E-state index in [0.717, 1.165) is 17.7 Å². The van der Waals surface area contributed by atoms with Gasteiger partial charge < -0.3 is 0 Å². The van der Waals surface area contributed by atoms with Crippen molar-refractivity contribution >= 4 is 28.5 Å². The highest BCUT2D eigenvalue weighted by molar-refractivity contribution is 8.13. The summed E-state index contributed by atoms with van der Waals surface area (Å²) < 4.78 is 0. The molecule has 25 heavy (non-hydrogen) atoms. The van der Waals surface area contributed by atoms with Crippen LogP contribution in [0.4, 0.5) is 5.69 Å². The molecule has 1 heterocycles. The molecule has 1 aliphatic rings. The molecule has 2 aromatic carbocycles. The number of carbonyl (C=O) groups excluding carboxylic acids is 1. The molecule has 0 atom stereocenters. The Balaban J connectivity index is 1.81. The average molecular weight is 355 g/mol. The lowest BCUT2D eigenvalue weighted by Gasteiger charge is -2.27. The van der Waals surface area contributed by atoms with Gasteiger partial charge in [0, 0.05) is 30.0 Å². The van der Waals surface area contributed by atoms with Gasteiger partial charge in [0.1, 0.15) is 0 Å². The van der Waals surface area contributed by atoms with Gasteiger partial charge in [0.2, 0.25) is 0 Å². The Morgan fingerprint density at radius 1 is 1.20 bits per heavy atom. The van der Waals surface area contributed by atoms with Crippen LogP contribution in [0.3, 0.4) is 0 Å². The highest BCUT2D eigenvalue weighted by Crippen LogP contribution is 2.22. The Morgan fingerprint density at radius 2 is 2.00 bits per heavy atom. The summed E-state index contributed by atoms with van der Waals surface area (Å²) in [7, 11) is 0. The molecule has 128 valence electrons. The second kappa shape index (κ2) is 7.94. The van der Waals surface area contributed by atoms with Gasteiger partial charge in [0.25, 0.3) is 11.6 Å². The van der Waals surface area contributed by atoms with Crippen molar-refractivity contribution in [1.82, 2.24) is 4.90 Å². The van der Waals surface area contributed by atoms with Crippen LogP contribution in [0.2, 0.25) is 0 Å². The van der Waals surface area contributed by atoms with Crippen LogP contribution in [0.15, 0.2) is 59.6 Å². The van der Waals surface area contributed by atoms with Crippen LogP contribution in [0, 0.1) is 10.1 Å². The first-order chi connectivity index (χ1) is 12.1. The minimum Gasteiger partial charge on any atom is -0.287 e. The fourth-order valence-corrected chi connectivity index (χ4v) is 3.47. The number of nitro groups is 1. The maximum absolute atomic E-state index is 12.8. The lowest BCUT2D eigenvalue weighted by Crippen LogP contribution is -2.39. The molecule has 1 aliphatic heterocycles. The molecule has 0 saturated carbocycles. The molecule has 0 spiro atoms. The molecule has 0 aliphatic carbocycles. The van der Waals surface area contributed by atoms with Gasteiger partial charge >= 0.3 is 0 Å². The summed E-state index contributed by atoms with van der Waals surface area (Å²) >= 11 is 1.55. The first-order valence-electron chi connectivity index (χ1n) is 7.92. The highest BCUT2D eigenvalue weighted by atomic mass is 32.2. The molecule has 0 N–H and O–H groups in total. The Hall–Kier alpha value is -2.67. The number of amidine groups is 1. The van der Waals surface area contributed by atoms with Gasteiger partial charge in [-0.3, -0.25) is 24.8 Å². The third-order valence-electron chi connectivity index (χ3n) is 3.78. The van der Waals surface area contributed by atoms with Crippen LogP contribution in [-0.2, 0) is 6.54 Å². The van der Waals surface area contributed by atoms with E-state index in [0.29, 0.717) is 23.8 Å². The van der Waals surface area contributed by atoms with Gasteiger partial charge in [0.15, 0.2) is 5.17 Å². The summed E-state index contributed by atoms with van der Waals surface area (Å²) in [6.45, 7) is 1.07. The summed E-state index contributed by atoms with van der Waals surface area (Å²) in [5.74, 6) is 0.662. The predicted octanol–water partition coefficient (Wildman–Crippen LogP) is 3.73. The summed E-state index contributed by atoms with van der Waals surface area (Å²) in [6, 6.07) is 15.7. The number of carbonyl (C=O) groups is 1. The van der Waals surface area contributed by atoms with Crippen molar-refractivity contribution in [2.75, 3.05) is 12.3 Å². The molecule has 0 bridgehead atoms. The molecule has 6 nitrogen and oxygen atoms in total. The van der Waals surface area contributed by atoms with Crippen LogP contribution in [0.1, 0.15) is 22.3 Å². The molecule has 1 fully saturated rings. The molecule has 0 unspecified atom stereocenters. The SMILES string of the molecule is O=C(c1cccc([N+](=O)[O-])c1)N1CCCSC1=NCc1ccccc1. The van der Waals surface area contributed by atoms with Gasteiger partial charge in [0.05, 0.1) is 11.5 Å². The average Bonchev–Trinajstić information content (AvgIpc) is 2.67. The number of aliphatic imine (C=N–C) groups is 1. The number of nitrogens with zero attached hydrogens (tertiary/aromatic N) is 3. The van der Waals surface area contributed by atoms with Crippen LogP contribution in [-0.4, -0.2) is 33.2 Å². The second-order valence-electron chi connectivity index (χ2n) is 5.55. The zero-order valence-electron chi connectivity index (χ0n) is 13.5. The monoisotopic (exact) mass is 355 g/mol. The molecular weight excluding hydrogens is 338 g/mol. The Kier molecular flexibility index (Phi) is 5.45. The van der Waals surface area contributed by atoms with E-state index in [2.05, 4.69) is 4.99 Å². The van der Waals surface area contributed by atoms with Gasteiger partial charge in [-0.15, -0.1) is 0 Å². The smallest absolute Gasteiger partial charge is 0.270 e. The number of benzene rings is 2. The van der Waals surface area contributed by atoms with Gasteiger partial charge in [-0.1, -0.05) is 48.2 Å². The molecule has 0 aromatic heterocycles. The van der Waals surface area contributed by atoms with Crippen molar-refractivity contribution in [2.45, 2.75) is 13.0 Å². The number of amides is 1. The van der Waals surface area contributed by atoms with E-state index in [-0.39, 0.29) is 11.6 Å². The Morgan fingerprint density at radius 3 is 2.76 bits per heavy atom. The lowest BCUT2D eigenvalue weighted by atomic mass is 10.1. The minimum atomic E-state index is -0.494. The van der Waals surface area contributed by atoms with E-state index in [1.807, 2.05) is 30.3 Å². The molecule has 1 amide bonds. The highest BCUT2D eigenvalue weighted by Gasteiger charge is 2.25. The maximum Gasteiger partial charge on any atom is 0.270 e. The standard InChI is InChI=1S/C18H17N3O3S/c22-17(15-8-4-9-16(12-15)21(23)24)20-10-5-11-25-18(20)19-13-14-6-2-1-3-7-14/h1-4,6-9,12H,5,10-11,13H2. The zero-order chi connectivity index (χ0) is 17.6. The fourth-order valence-electron chi connectivity index (χ4n) is 2.53. The van der Waals surface area contributed by atoms with E-state index >= 15 is 0 Å². The van der Waals surface area contributed by atoms with Crippen molar-refractivity contribution in [3.05, 3.63) is 75.8 Å². The summed E-state index contributed by atoms with van der Waals surface area (Å²) in [5, 5.41) is 11.6. The van der Waals surface area contributed by atoms with Crippen LogP contribution < -0.4 is 0 Å². The van der Waals surface area contributed by atoms with Crippen molar-refractivity contribution in [2.24, 2.45) is 4.99 Å². The molecule has 0 radical (unpaired) electrons. The number of rotatable bonds is 4. The molecule has 3 rings (SSSR count). The van der Waals surface area contributed by atoms with E-state index < -0.39 is 4.92 Å². The fraction of sp³-hybridized carbons (Fsp3) is 0.222. The number of hydrogen-bond donors (Lipinski definition) is 0. The van der Waals surface area contributed by atoms with Crippen LogP contribution >= 0.6 is 11.8 Å². The topological polar surface area (TPSA) is 75.8 Å². The van der Waals surface area contributed by atoms with E-state index in [1.165, 1.54) is 18.2 Å². The first kappa shape index (κ1) is 17.2. The van der Waals surface area contributed by atoms with Crippen molar-refractivity contribution in [3.8, 4) is 0 Å².